The van der Waals surface area contributed by atoms with Gasteiger partial charge in [0.1, 0.15) is 0 Å². The lowest BCUT2D eigenvalue weighted by atomic mass is 10.2. The summed E-state index contributed by atoms with van der Waals surface area (Å²) in [5.41, 5.74) is 0.522. The molecule has 0 atom stereocenters. The molecular weight excluding hydrogens is 334 g/mol. The number of ether oxygens (including phenoxy) is 1. The Bertz CT molecular complexity index is 479. The Labute approximate surface area is 125 Å². The van der Waals surface area contributed by atoms with E-state index in [9.17, 15) is 9.59 Å². The van der Waals surface area contributed by atoms with Crippen molar-refractivity contribution in [3.05, 3.63) is 33.3 Å². The van der Waals surface area contributed by atoms with E-state index in [-0.39, 0.29) is 11.9 Å². The number of hydrogen-bond donors (Lipinski definition) is 0. The Morgan fingerprint density at radius 3 is 2.68 bits per heavy atom. The van der Waals surface area contributed by atoms with Crippen molar-refractivity contribution in [2.24, 2.45) is 0 Å². The Balaban J connectivity index is 2.56. The monoisotopic (exact) mass is 347 g/mol. The number of esters is 1. The molecule has 0 aliphatic rings. The summed E-state index contributed by atoms with van der Waals surface area (Å²) in [5.74, 6) is -0.396. The summed E-state index contributed by atoms with van der Waals surface area (Å²) in [4.78, 5) is 24.6. The minimum Gasteiger partial charge on any atom is -0.469 e. The first kappa shape index (κ1) is 16.0. The maximum atomic E-state index is 12.1. The molecule has 6 heteroatoms. The highest BCUT2D eigenvalue weighted by Crippen LogP contribution is 2.23. The summed E-state index contributed by atoms with van der Waals surface area (Å²) < 4.78 is 5.29. The van der Waals surface area contributed by atoms with E-state index in [4.69, 9.17) is 11.6 Å². The third-order valence-electron chi connectivity index (χ3n) is 2.62. The van der Waals surface area contributed by atoms with Crippen molar-refractivity contribution in [1.82, 2.24) is 4.90 Å². The smallest absolute Gasteiger partial charge is 0.305 e. The summed E-state index contributed by atoms with van der Waals surface area (Å²) in [6.45, 7) is 0.488. The largest absolute Gasteiger partial charge is 0.469 e. The first-order valence-electron chi connectivity index (χ1n) is 5.73. The highest BCUT2D eigenvalue weighted by molar-refractivity contribution is 9.10. The standard InChI is InChI=1S/C13H15BrClNO3/c1-16(7-3-4-12(17)19-2)13(18)9-5-6-10(14)11(15)8-9/h5-6,8H,3-4,7H2,1-2H3. The van der Waals surface area contributed by atoms with Crippen LogP contribution in [0.4, 0.5) is 0 Å². The molecule has 1 aromatic carbocycles. The summed E-state index contributed by atoms with van der Waals surface area (Å²) in [5, 5.41) is 0.494. The lowest BCUT2D eigenvalue weighted by Gasteiger charge is -2.17. The lowest BCUT2D eigenvalue weighted by molar-refractivity contribution is -0.140. The quantitative estimate of drug-likeness (QED) is 0.768. The van der Waals surface area contributed by atoms with Crippen LogP contribution in [-0.2, 0) is 9.53 Å². The molecule has 0 saturated carbocycles. The van der Waals surface area contributed by atoms with E-state index >= 15 is 0 Å². The average molecular weight is 349 g/mol. The Morgan fingerprint density at radius 1 is 1.42 bits per heavy atom. The van der Waals surface area contributed by atoms with Crippen molar-refractivity contribution in [2.45, 2.75) is 12.8 Å². The van der Waals surface area contributed by atoms with Gasteiger partial charge in [-0.1, -0.05) is 11.6 Å². The van der Waals surface area contributed by atoms with Crippen molar-refractivity contribution in [2.75, 3.05) is 20.7 Å². The van der Waals surface area contributed by atoms with Crippen LogP contribution >= 0.6 is 27.5 Å². The Hall–Kier alpha value is -1.07. The topological polar surface area (TPSA) is 46.6 Å². The van der Waals surface area contributed by atoms with Crippen molar-refractivity contribution < 1.29 is 14.3 Å². The number of hydrogen-bond acceptors (Lipinski definition) is 3. The predicted octanol–water partition coefficient (Wildman–Crippen LogP) is 3.13. The van der Waals surface area contributed by atoms with Crippen molar-refractivity contribution in [3.8, 4) is 0 Å². The van der Waals surface area contributed by atoms with Gasteiger partial charge >= 0.3 is 5.97 Å². The second-order valence-electron chi connectivity index (χ2n) is 4.04. The zero-order valence-electron chi connectivity index (χ0n) is 10.8. The minimum atomic E-state index is -0.271. The van der Waals surface area contributed by atoms with Crippen LogP contribution in [-0.4, -0.2) is 37.5 Å². The number of rotatable bonds is 5. The van der Waals surface area contributed by atoms with Gasteiger partial charge < -0.3 is 9.64 Å². The van der Waals surface area contributed by atoms with Crippen molar-refractivity contribution >= 4 is 39.4 Å². The Kier molecular flexibility index (Phi) is 6.31. The predicted molar refractivity (Wildman–Crippen MR) is 77.4 cm³/mol. The molecule has 0 bridgehead atoms. The van der Waals surface area contributed by atoms with Crippen LogP contribution in [0.5, 0.6) is 0 Å². The summed E-state index contributed by atoms with van der Waals surface area (Å²) in [6.07, 6.45) is 0.869. The van der Waals surface area contributed by atoms with Crippen LogP contribution in [0.1, 0.15) is 23.2 Å². The van der Waals surface area contributed by atoms with Gasteiger partial charge in [-0.15, -0.1) is 0 Å². The first-order valence-corrected chi connectivity index (χ1v) is 6.90. The van der Waals surface area contributed by atoms with E-state index in [0.717, 1.165) is 4.47 Å². The van der Waals surface area contributed by atoms with Gasteiger partial charge in [-0.2, -0.15) is 0 Å². The van der Waals surface area contributed by atoms with Crippen LogP contribution < -0.4 is 0 Å². The molecule has 0 aromatic heterocycles. The molecule has 0 aliphatic heterocycles. The maximum absolute atomic E-state index is 12.1. The normalized spacial score (nSPS) is 10.1. The summed E-state index contributed by atoms with van der Waals surface area (Å²) in [7, 11) is 3.04. The highest BCUT2D eigenvalue weighted by atomic mass is 79.9. The molecule has 0 saturated heterocycles. The zero-order chi connectivity index (χ0) is 14.4. The molecule has 0 N–H and O–H groups in total. The van der Waals surface area contributed by atoms with Crippen LogP contribution in [0.15, 0.2) is 22.7 Å². The fourth-order valence-corrected chi connectivity index (χ4v) is 1.94. The second kappa shape index (κ2) is 7.50. The highest BCUT2D eigenvalue weighted by Gasteiger charge is 2.13. The summed E-state index contributed by atoms with van der Waals surface area (Å²) in [6, 6.07) is 5.05. The zero-order valence-corrected chi connectivity index (χ0v) is 13.1. The molecule has 1 aromatic rings. The number of benzene rings is 1. The third kappa shape index (κ3) is 4.84. The molecule has 19 heavy (non-hydrogen) atoms. The third-order valence-corrected chi connectivity index (χ3v) is 3.85. The number of carbonyl (C=O) groups excluding carboxylic acids is 2. The van der Waals surface area contributed by atoms with Crippen LogP contribution in [0, 0.1) is 0 Å². The molecule has 0 aliphatic carbocycles. The van der Waals surface area contributed by atoms with E-state index in [1.165, 1.54) is 7.11 Å². The molecule has 1 amide bonds. The lowest BCUT2D eigenvalue weighted by Crippen LogP contribution is -2.28. The summed E-state index contributed by atoms with van der Waals surface area (Å²) >= 11 is 9.22. The second-order valence-corrected chi connectivity index (χ2v) is 5.30. The van der Waals surface area contributed by atoms with Gasteiger partial charge in [0.15, 0.2) is 0 Å². The number of methoxy groups -OCH3 is 1. The van der Waals surface area contributed by atoms with E-state index in [1.54, 1.807) is 30.1 Å². The first-order chi connectivity index (χ1) is 8.95. The molecule has 104 valence electrons. The number of carbonyl (C=O) groups is 2. The average Bonchev–Trinajstić information content (AvgIpc) is 2.40. The molecule has 0 radical (unpaired) electrons. The fraction of sp³-hybridized carbons (Fsp3) is 0.385. The maximum Gasteiger partial charge on any atom is 0.305 e. The number of amides is 1. The van der Waals surface area contributed by atoms with E-state index in [1.807, 2.05) is 0 Å². The minimum absolute atomic E-state index is 0.126. The van der Waals surface area contributed by atoms with Gasteiger partial charge in [0, 0.05) is 30.0 Å². The van der Waals surface area contributed by atoms with E-state index in [0.29, 0.717) is 30.0 Å². The van der Waals surface area contributed by atoms with Crippen molar-refractivity contribution in [3.63, 3.8) is 0 Å². The molecule has 0 heterocycles. The molecule has 0 unspecified atom stereocenters. The van der Waals surface area contributed by atoms with Crippen LogP contribution in [0.25, 0.3) is 0 Å². The van der Waals surface area contributed by atoms with Crippen molar-refractivity contribution in [1.29, 1.82) is 0 Å². The fourth-order valence-electron chi connectivity index (χ4n) is 1.51. The number of halogens is 2. The number of nitrogens with zero attached hydrogens (tertiary/aromatic N) is 1. The van der Waals surface area contributed by atoms with Gasteiger partial charge in [0.2, 0.25) is 0 Å². The molecule has 0 spiro atoms. The molecular formula is C13H15BrClNO3. The van der Waals surface area contributed by atoms with Gasteiger partial charge in [-0.3, -0.25) is 9.59 Å². The van der Waals surface area contributed by atoms with Gasteiger partial charge in [0.25, 0.3) is 5.91 Å². The van der Waals surface area contributed by atoms with Crippen LogP contribution in [0.3, 0.4) is 0 Å². The molecule has 1 rings (SSSR count). The molecule has 4 nitrogen and oxygen atoms in total. The van der Waals surface area contributed by atoms with Gasteiger partial charge in [-0.05, 0) is 40.5 Å². The van der Waals surface area contributed by atoms with E-state index in [2.05, 4.69) is 20.7 Å². The molecule has 0 fully saturated rings. The van der Waals surface area contributed by atoms with Gasteiger partial charge in [-0.25, -0.2) is 0 Å². The van der Waals surface area contributed by atoms with Crippen LogP contribution in [0.2, 0.25) is 5.02 Å². The van der Waals surface area contributed by atoms with E-state index < -0.39 is 0 Å². The van der Waals surface area contributed by atoms with Gasteiger partial charge in [0.05, 0.1) is 12.1 Å². The SMILES string of the molecule is COC(=O)CCCN(C)C(=O)c1ccc(Br)c(Cl)c1. The Morgan fingerprint density at radius 2 is 2.11 bits per heavy atom.